The second-order valence-corrected chi connectivity index (χ2v) is 20.9. The lowest BCUT2D eigenvalue weighted by Gasteiger charge is -2.43. The molecule has 1 fully saturated rings. The van der Waals surface area contributed by atoms with Crippen LogP contribution >= 0.6 is 0 Å². The topological polar surface area (TPSA) is 108 Å². The zero-order chi connectivity index (χ0) is 34.2. The van der Waals surface area contributed by atoms with Gasteiger partial charge < -0.3 is 18.8 Å². The number of amides is 1. The van der Waals surface area contributed by atoms with Gasteiger partial charge in [-0.15, -0.1) is 0 Å². The van der Waals surface area contributed by atoms with Crippen LogP contribution in [-0.2, 0) is 37.8 Å². The minimum Gasteiger partial charge on any atom is -0.459 e. The minimum atomic E-state index is -3.85. The molecule has 46 heavy (non-hydrogen) atoms. The molecule has 1 heterocycles. The van der Waals surface area contributed by atoms with E-state index < -0.39 is 35.4 Å². The van der Waals surface area contributed by atoms with Gasteiger partial charge in [-0.3, -0.25) is 13.8 Å². The third kappa shape index (κ3) is 10.7. The van der Waals surface area contributed by atoms with Crippen LogP contribution in [0.25, 0.3) is 0 Å². The van der Waals surface area contributed by atoms with Crippen molar-refractivity contribution in [1.29, 1.82) is 0 Å². The number of nitrogens with zero attached hydrogens (tertiary/aromatic N) is 1. The third-order valence-corrected chi connectivity index (χ3v) is 14.3. The Morgan fingerprint density at radius 3 is 1.98 bits per heavy atom. The van der Waals surface area contributed by atoms with Crippen molar-refractivity contribution in [3.63, 3.8) is 0 Å². The molecule has 1 saturated heterocycles. The van der Waals surface area contributed by atoms with E-state index >= 15 is 0 Å². The molecule has 9 nitrogen and oxygen atoms in total. The van der Waals surface area contributed by atoms with E-state index in [4.69, 9.17) is 18.1 Å². The van der Waals surface area contributed by atoms with E-state index in [0.717, 1.165) is 0 Å². The lowest BCUT2D eigenvalue weighted by atomic mass is 9.91. The van der Waals surface area contributed by atoms with Crippen molar-refractivity contribution in [3.05, 3.63) is 60.7 Å². The van der Waals surface area contributed by atoms with Crippen LogP contribution in [0.5, 0.6) is 0 Å². The first kappa shape index (κ1) is 37.9. The monoisotopic (exact) mass is 675 g/mol. The lowest BCUT2D eigenvalue weighted by Crippen LogP contribution is -2.66. The number of rotatable bonds is 16. The maximum atomic E-state index is 12.8. The van der Waals surface area contributed by atoms with E-state index in [1.165, 1.54) is 15.3 Å². The number of ether oxygens (including phenoxy) is 2. The van der Waals surface area contributed by atoms with Gasteiger partial charge in [0.25, 0.3) is 18.4 Å². The molecule has 2 aromatic carbocycles. The van der Waals surface area contributed by atoms with Crippen LogP contribution in [0.2, 0.25) is 5.04 Å². The Hall–Kier alpha value is -2.57. The summed E-state index contributed by atoms with van der Waals surface area (Å²) in [4.78, 5) is 26.0. The van der Waals surface area contributed by atoms with Crippen LogP contribution in [0.1, 0.15) is 74.7 Å². The molecule has 0 saturated carbocycles. The minimum absolute atomic E-state index is 0.0141. The summed E-state index contributed by atoms with van der Waals surface area (Å²) in [6.07, 6.45) is 1.45. The van der Waals surface area contributed by atoms with Gasteiger partial charge in [0.05, 0.1) is 31.6 Å². The van der Waals surface area contributed by atoms with Crippen molar-refractivity contribution >= 4 is 40.7 Å². The Labute approximate surface area is 277 Å². The van der Waals surface area contributed by atoms with Crippen molar-refractivity contribution in [1.82, 2.24) is 4.90 Å². The lowest BCUT2D eigenvalue weighted by molar-refractivity contribution is -0.159. The fourth-order valence-electron chi connectivity index (χ4n) is 5.70. The van der Waals surface area contributed by atoms with Gasteiger partial charge in [0.1, 0.15) is 12.1 Å². The van der Waals surface area contributed by atoms with Gasteiger partial charge >= 0.3 is 5.97 Å². The molecule has 256 valence electrons. The summed E-state index contributed by atoms with van der Waals surface area (Å²) in [5.41, 5.74) is -1.11. The molecule has 1 aliphatic heterocycles. The van der Waals surface area contributed by atoms with Crippen LogP contribution in [0.15, 0.2) is 60.7 Å². The second kappa shape index (κ2) is 15.6. The second-order valence-electron chi connectivity index (χ2n) is 14.8. The Balaban J connectivity index is 1.52. The molecule has 2 aromatic rings. The first-order chi connectivity index (χ1) is 21.4. The van der Waals surface area contributed by atoms with Gasteiger partial charge in [-0.1, -0.05) is 95.3 Å². The predicted octanol–water partition coefficient (Wildman–Crippen LogP) is 4.68. The molecule has 11 heteroatoms. The summed E-state index contributed by atoms with van der Waals surface area (Å²) >= 11 is 0. The molecule has 0 unspecified atom stereocenters. The maximum absolute atomic E-state index is 12.8. The van der Waals surface area contributed by atoms with Crippen LogP contribution in [0.3, 0.4) is 0 Å². The number of carbonyl (C=O) groups is 2. The SMILES string of the molecule is CC(C)(CCO[Si](c1ccccc1)(c1ccccc1)C(C)(C)C)COS(=O)(=O)CCOC[C@@H]1CCC(=O)N1CC(=O)OC(C)(C)C. The smallest absolute Gasteiger partial charge is 0.326 e. The molecule has 3 rings (SSSR count). The average molecular weight is 676 g/mol. The fourth-order valence-corrected chi connectivity index (χ4v) is 11.2. The van der Waals surface area contributed by atoms with E-state index in [1.807, 2.05) is 26.0 Å². The highest BCUT2D eigenvalue weighted by Gasteiger charge is 2.50. The Morgan fingerprint density at radius 1 is 0.891 bits per heavy atom. The molecule has 0 radical (unpaired) electrons. The van der Waals surface area contributed by atoms with Gasteiger partial charge in [0.2, 0.25) is 5.91 Å². The normalized spacial score (nSPS) is 16.6. The number of esters is 1. The highest BCUT2D eigenvalue weighted by atomic mass is 32.2. The molecule has 0 bridgehead atoms. The average Bonchev–Trinajstić information content (AvgIpc) is 3.30. The van der Waals surface area contributed by atoms with Gasteiger partial charge in [-0.25, -0.2) is 0 Å². The summed E-state index contributed by atoms with van der Waals surface area (Å²) in [6, 6.07) is 20.5. The van der Waals surface area contributed by atoms with Crippen molar-refractivity contribution in [3.8, 4) is 0 Å². The van der Waals surface area contributed by atoms with E-state index in [2.05, 4.69) is 69.3 Å². The molecule has 0 aromatic heterocycles. The highest BCUT2D eigenvalue weighted by Crippen LogP contribution is 2.37. The molecule has 1 aliphatic rings. The molecule has 0 aliphatic carbocycles. The fraction of sp³-hybridized carbons (Fsp3) is 0.600. The summed E-state index contributed by atoms with van der Waals surface area (Å²) in [6.45, 7) is 16.3. The quantitative estimate of drug-likeness (QED) is 0.109. The van der Waals surface area contributed by atoms with Gasteiger partial charge in [0, 0.05) is 13.0 Å². The molecule has 0 spiro atoms. The van der Waals surface area contributed by atoms with Gasteiger partial charge in [0.15, 0.2) is 0 Å². The zero-order valence-corrected chi connectivity index (χ0v) is 30.7. The summed E-state index contributed by atoms with van der Waals surface area (Å²) in [7, 11) is -6.55. The Kier molecular flexibility index (Phi) is 12.8. The van der Waals surface area contributed by atoms with E-state index in [0.29, 0.717) is 25.9 Å². The van der Waals surface area contributed by atoms with Gasteiger partial charge in [-0.2, -0.15) is 8.42 Å². The van der Waals surface area contributed by atoms with Crippen molar-refractivity contribution in [2.45, 2.75) is 91.3 Å². The first-order valence-corrected chi connectivity index (χ1v) is 19.5. The summed E-state index contributed by atoms with van der Waals surface area (Å²) < 4.78 is 48.9. The standard InChI is InChI=1S/C35H53NO8SSi/c1-33(2,3)44-32(38)25-36-28(19-20-31(36)37)26-41-23-24-45(39,40)42-27-35(7,8)21-22-43-46(34(4,5)6,29-15-11-9-12-16-29)30-17-13-10-14-18-30/h9-18,28H,19-27H2,1-8H3/t28-/m0/s1. The van der Waals surface area contributed by atoms with E-state index in [9.17, 15) is 18.0 Å². The van der Waals surface area contributed by atoms with Crippen LogP contribution in [0.4, 0.5) is 0 Å². The summed E-state index contributed by atoms with van der Waals surface area (Å²) in [5, 5.41) is 2.23. The Bertz CT molecular complexity index is 1350. The third-order valence-electron chi connectivity index (χ3n) is 8.10. The number of likely N-dealkylation sites (tertiary alicyclic amines) is 1. The number of benzene rings is 2. The van der Waals surface area contributed by atoms with E-state index in [1.54, 1.807) is 20.8 Å². The Morgan fingerprint density at radius 2 is 1.46 bits per heavy atom. The van der Waals surface area contributed by atoms with Crippen LogP contribution in [0, 0.1) is 5.41 Å². The van der Waals surface area contributed by atoms with Crippen LogP contribution < -0.4 is 10.4 Å². The molecule has 0 N–H and O–H groups in total. The molecule has 1 atom stereocenters. The predicted molar refractivity (Wildman–Crippen MR) is 183 cm³/mol. The molecule has 1 amide bonds. The van der Waals surface area contributed by atoms with Crippen molar-refractivity contribution < 1.29 is 36.1 Å². The summed E-state index contributed by atoms with van der Waals surface area (Å²) in [5.74, 6) is -0.936. The molecular weight excluding hydrogens is 623 g/mol. The molecular formula is C35H53NO8SSi. The maximum Gasteiger partial charge on any atom is 0.326 e. The van der Waals surface area contributed by atoms with Gasteiger partial charge in [-0.05, 0) is 54.4 Å². The van der Waals surface area contributed by atoms with Crippen LogP contribution in [-0.4, -0.2) is 83.9 Å². The first-order valence-electron chi connectivity index (χ1n) is 16.1. The highest BCUT2D eigenvalue weighted by molar-refractivity contribution is 7.86. The van der Waals surface area contributed by atoms with Crippen molar-refractivity contribution in [2.24, 2.45) is 5.41 Å². The number of hydrogen-bond acceptors (Lipinski definition) is 8. The largest absolute Gasteiger partial charge is 0.459 e. The zero-order valence-electron chi connectivity index (χ0n) is 28.8. The van der Waals surface area contributed by atoms with E-state index in [-0.39, 0.29) is 49.1 Å². The van der Waals surface area contributed by atoms with Crippen molar-refractivity contribution in [2.75, 3.05) is 38.7 Å². The number of carbonyl (C=O) groups excluding carboxylic acids is 2. The number of hydrogen-bond donors (Lipinski definition) is 0.